The van der Waals surface area contributed by atoms with Gasteiger partial charge in [-0.15, -0.1) is 0 Å². The smallest absolute Gasteiger partial charge is 0.416 e. The van der Waals surface area contributed by atoms with E-state index < -0.39 is 61.0 Å². The highest BCUT2D eigenvalue weighted by molar-refractivity contribution is 7.89. The number of alkyl halides is 3. The van der Waals surface area contributed by atoms with Gasteiger partial charge in [0.2, 0.25) is 21.7 Å². The van der Waals surface area contributed by atoms with Crippen LogP contribution in [-0.2, 0) is 27.4 Å². The fraction of sp³-hybridized carbons (Fsp3) is 0.375. The normalized spacial score (nSPS) is 15.8. The van der Waals surface area contributed by atoms with E-state index in [-0.39, 0.29) is 22.9 Å². The van der Waals surface area contributed by atoms with Crippen molar-refractivity contribution in [1.29, 1.82) is 0 Å². The molecule has 0 radical (unpaired) electrons. The van der Waals surface area contributed by atoms with Crippen molar-refractivity contribution in [1.82, 2.24) is 14.9 Å². The molecule has 1 saturated carbocycles. The SMILES string of the molecule is O=C(O)C(Cc1ccc(-c2noc(C3CCCCC3)n2)c(F)c1)NS(=O)(=O)c1c(Cl)cc(C(F)(F)F)cc1Cl. The lowest BCUT2D eigenvalue weighted by Gasteiger charge is -2.18. The number of rotatable bonds is 8. The molecule has 0 bridgehead atoms. The Morgan fingerprint density at radius 3 is 2.33 bits per heavy atom. The van der Waals surface area contributed by atoms with Crippen LogP contribution >= 0.6 is 23.2 Å². The van der Waals surface area contributed by atoms with Crippen LogP contribution in [0.25, 0.3) is 11.4 Å². The molecule has 2 aromatic carbocycles. The Labute approximate surface area is 230 Å². The number of carboxylic acids is 1. The molecular formula is C24H21Cl2F4N3O5S. The van der Waals surface area contributed by atoms with Gasteiger partial charge in [0.25, 0.3) is 0 Å². The molecule has 0 aliphatic heterocycles. The van der Waals surface area contributed by atoms with Crippen molar-refractivity contribution >= 4 is 39.2 Å². The predicted octanol–water partition coefficient (Wildman–Crippen LogP) is 6.22. The van der Waals surface area contributed by atoms with Crippen molar-refractivity contribution in [2.45, 2.75) is 61.6 Å². The average molecular weight is 610 g/mol. The Morgan fingerprint density at radius 2 is 1.77 bits per heavy atom. The number of hydrogen-bond acceptors (Lipinski definition) is 6. The van der Waals surface area contributed by atoms with Crippen molar-refractivity contribution in [3.63, 3.8) is 0 Å². The summed E-state index contributed by atoms with van der Waals surface area (Å²) in [6, 6.07) is 2.59. The van der Waals surface area contributed by atoms with Crippen molar-refractivity contribution in [3.8, 4) is 11.4 Å². The van der Waals surface area contributed by atoms with Gasteiger partial charge in [0.05, 0.1) is 21.2 Å². The fourth-order valence-corrected chi connectivity index (χ4v) is 6.77. The largest absolute Gasteiger partial charge is 0.480 e. The van der Waals surface area contributed by atoms with E-state index in [1.807, 2.05) is 4.72 Å². The summed E-state index contributed by atoms with van der Waals surface area (Å²) in [6.07, 6.45) is -0.347. The zero-order valence-electron chi connectivity index (χ0n) is 19.9. The molecule has 1 atom stereocenters. The summed E-state index contributed by atoms with van der Waals surface area (Å²) >= 11 is 11.6. The second kappa shape index (κ2) is 11.4. The zero-order valence-corrected chi connectivity index (χ0v) is 22.3. The van der Waals surface area contributed by atoms with Gasteiger partial charge in [0, 0.05) is 5.92 Å². The number of sulfonamides is 1. The van der Waals surface area contributed by atoms with E-state index in [2.05, 4.69) is 10.1 Å². The van der Waals surface area contributed by atoms with Crippen LogP contribution in [0.2, 0.25) is 10.0 Å². The van der Waals surface area contributed by atoms with E-state index >= 15 is 0 Å². The van der Waals surface area contributed by atoms with Crippen LogP contribution in [0.4, 0.5) is 17.6 Å². The van der Waals surface area contributed by atoms with Crippen molar-refractivity contribution in [3.05, 3.63) is 63.2 Å². The van der Waals surface area contributed by atoms with Crippen LogP contribution in [0.15, 0.2) is 39.8 Å². The number of carbonyl (C=O) groups is 1. The molecule has 0 spiro atoms. The minimum atomic E-state index is -4.85. The number of nitrogens with one attached hydrogen (secondary N) is 1. The molecule has 1 unspecified atom stereocenters. The maximum atomic E-state index is 14.9. The lowest BCUT2D eigenvalue weighted by Crippen LogP contribution is -2.42. The Balaban J connectivity index is 1.54. The van der Waals surface area contributed by atoms with Gasteiger partial charge in [-0.1, -0.05) is 53.7 Å². The maximum absolute atomic E-state index is 14.9. The number of halogens is 6. The predicted molar refractivity (Wildman–Crippen MR) is 132 cm³/mol. The molecule has 0 saturated heterocycles. The van der Waals surface area contributed by atoms with Gasteiger partial charge in [0.1, 0.15) is 16.8 Å². The summed E-state index contributed by atoms with van der Waals surface area (Å²) in [7, 11) is -4.81. The van der Waals surface area contributed by atoms with Gasteiger partial charge in [-0.3, -0.25) is 4.79 Å². The first-order valence-corrected chi connectivity index (χ1v) is 13.9. The molecule has 1 heterocycles. The Morgan fingerprint density at radius 1 is 1.13 bits per heavy atom. The standard InChI is InChI=1S/C24H21Cl2F4N3O5S/c25-16-10-14(24(28,29)30)11-17(26)20(16)39(36,37)33-19(23(34)35)9-12-6-7-15(18(27)8-12)21-31-22(38-32-21)13-4-2-1-3-5-13/h6-8,10-11,13,19,33H,1-5,9H2,(H,34,35). The van der Waals surface area contributed by atoms with E-state index in [4.69, 9.17) is 27.7 Å². The highest BCUT2D eigenvalue weighted by Gasteiger charge is 2.35. The molecule has 8 nitrogen and oxygen atoms in total. The van der Waals surface area contributed by atoms with Crippen molar-refractivity contribution in [2.24, 2.45) is 0 Å². The van der Waals surface area contributed by atoms with E-state index in [0.29, 0.717) is 18.0 Å². The Kier molecular flexibility index (Phi) is 8.55. The summed E-state index contributed by atoms with van der Waals surface area (Å²) in [5, 5.41) is 11.7. The minimum absolute atomic E-state index is 0.0142. The van der Waals surface area contributed by atoms with E-state index in [0.717, 1.165) is 38.2 Å². The monoisotopic (exact) mass is 609 g/mol. The van der Waals surface area contributed by atoms with Crippen molar-refractivity contribution in [2.75, 3.05) is 0 Å². The highest BCUT2D eigenvalue weighted by Crippen LogP contribution is 2.38. The third-order valence-corrected chi connectivity index (χ3v) is 8.69. The highest BCUT2D eigenvalue weighted by atomic mass is 35.5. The molecule has 1 aliphatic carbocycles. The van der Waals surface area contributed by atoms with E-state index in [1.54, 1.807) is 0 Å². The summed E-state index contributed by atoms with van der Waals surface area (Å²) in [5.41, 5.74) is -1.17. The molecule has 1 aliphatic rings. The topological polar surface area (TPSA) is 122 Å². The fourth-order valence-electron chi connectivity index (χ4n) is 4.37. The van der Waals surface area contributed by atoms with Crippen LogP contribution in [-0.4, -0.2) is 35.7 Å². The molecular weight excluding hydrogens is 589 g/mol. The number of aliphatic carboxylic acids is 1. The Hall–Kier alpha value is -2.74. The second-order valence-electron chi connectivity index (χ2n) is 9.09. The van der Waals surface area contributed by atoms with Crippen molar-refractivity contribution < 1.29 is 40.4 Å². The second-order valence-corrected chi connectivity index (χ2v) is 11.6. The molecule has 1 aromatic heterocycles. The van der Waals surface area contributed by atoms with Gasteiger partial charge in [-0.05, 0) is 49.1 Å². The third-order valence-electron chi connectivity index (χ3n) is 6.30. The number of nitrogens with zero attached hydrogens (tertiary/aromatic N) is 2. The van der Waals surface area contributed by atoms with Gasteiger partial charge in [-0.2, -0.15) is 22.9 Å². The van der Waals surface area contributed by atoms with Crippen LogP contribution in [0.3, 0.4) is 0 Å². The van der Waals surface area contributed by atoms with Gasteiger partial charge in [-0.25, -0.2) is 12.8 Å². The number of aromatic nitrogens is 2. The lowest BCUT2D eigenvalue weighted by molar-refractivity contribution is -0.139. The zero-order chi connectivity index (χ0) is 28.5. The molecule has 1 fully saturated rings. The van der Waals surface area contributed by atoms with Crippen LogP contribution in [0.1, 0.15) is 55.0 Å². The lowest BCUT2D eigenvalue weighted by atomic mass is 9.89. The van der Waals surface area contributed by atoms with Gasteiger partial charge < -0.3 is 9.63 Å². The van der Waals surface area contributed by atoms with Gasteiger partial charge >= 0.3 is 12.1 Å². The molecule has 210 valence electrons. The van der Waals surface area contributed by atoms with Crippen LogP contribution < -0.4 is 4.72 Å². The third kappa shape index (κ3) is 6.71. The Bertz CT molecular complexity index is 1470. The summed E-state index contributed by atoms with van der Waals surface area (Å²) in [6.45, 7) is 0. The maximum Gasteiger partial charge on any atom is 0.416 e. The minimum Gasteiger partial charge on any atom is -0.480 e. The van der Waals surface area contributed by atoms with E-state index in [9.17, 15) is 35.9 Å². The summed E-state index contributed by atoms with van der Waals surface area (Å²) < 4.78 is 86.8. The molecule has 0 amide bonds. The molecule has 15 heteroatoms. The summed E-state index contributed by atoms with van der Waals surface area (Å²) in [4.78, 5) is 15.2. The molecule has 2 N–H and O–H groups in total. The first-order valence-electron chi connectivity index (χ1n) is 11.7. The molecule has 4 rings (SSSR count). The van der Waals surface area contributed by atoms with Crippen LogP contribution in [0, 0.1) is 5.82 Å². The van der Waals surface area contributed by atoms with Crippen LogP contribution in [0.5, 0.6) is 0 Å². The molecule has 3 aromatic rings. The first-order chi connectivity index (χ1) is 18.3. The van der Waals surface area contributed by atoms with Gasteiger partial charge in [0.15, 0.2) is 0 Å². The quantitative estimate of drug-likeness (QED) is 0.290. The van der Waals surface area contributed by atoms with E-state index in [1.165, 1.54) is 12.1 Å². The number of benzene rings is 2. The molecule has 39 heavy (non-hydrogen) atoms. The number of carboxylic acid groups (broad SMARTS) is 1. The average Bonchev–Trinajstić information content (AvgIpc) is 3.33. The summed E-state index contributed by atoms with van der Waals surface area (Å²) in [5.74, 6) is -1.85. The number of hydrogen-bond donors (Lipinski definition) is 2. The first kappa shape index (κ1) is 29.2.